The van der Waals surface area contributed by atoms with Crippen LogP contribution in [0.5, 0.6) is 0 Å². The number of carbonyl (C=O) groups excluding carboxylic acids is 1. The zero-order valence-corrected chi connectivity index (χ0v) is 13.7. The summed E-state index contributed by atoms with van der Waals surface area (Å²) in [6.07, 6.45) is 12.9. The normalized spacial score (nSPS) is 40.2. The molecule has 118 valence electrons. The Balaban J connectivity index is 1.84. The smallest absolute Gasteiger partial charge is 0.301 e. The first-order chi connectivity index (χ1) is 10.7. The molecule has 0 aromatic carbocycles. The fourth-order valence-electron chi connectivity index (χ4n) is 5.24. The largest absolute Gasteiger partial charge is 0.497 e. The number of rotatable bonds is 2. The average Bonchev–Trinajstić information content (AvgIpc) is 2.57. The number of likely N-dealkylation sites (tertiary alicyclic amines) is 1. The first kappa shape index (κ1) is 14.3. The zero-order chi connectivity index (χ0) is 15.3. The molecule has 0 aromatic heterocycles. The van der Waals surface area contributed by atoms with E-state index in [-0.39, 0.29) is 0 Å². The van der Waals surface area contributed by atoms with Crippen LogP contribution in [0, 0.1) is 11.8 Å². The van der Waals surface area contributed by atoms with Gasteiger partial charge < -0.3 is 4.74 Å². The van der Waals surface area contributed by atoms with E-state index in [2.05, 4.69) is 19.2 Å². The standard InChI is InChI=1S/C19H26NO2/c1-20(12-21)9-8-13-4-3-5-16-17-11-15(22-2)7-6-14(17)10-18(20)19(13)16/h7,11-14,18H,3-6,8-10H2,1-2H3/q+1. The Labute approximate surface area is 132 Å². The highest BCUT2D eigenvalue weighted by Crippen LogP contribution is 2.52. The Morgan fingerprint density at radius 2 is 2.18 bits per heavy atom. The van der Waals surface area contributed by atoms with Gasteiger partial charge in [-0.25, -0.2) is 4.79 Å². The van der Waals surface area contributed by atoms with Crippen LogP contribution in [0.4, 0.5) is 0 Å². The lowest BCUT2D eigenvalue weighted by molar-refractivity contribution is -0.852. The predicted molar refractivity (Wildman–Crippen MR) is 85.8 cm³/mol. The van der Waals surface area contributed by atoms with Gasteiger partial charge in [0.25, 0.3) is 0 Å². The molecular weight excluding hydrogens is 274 g/mol. The van der Waals surface area contributed by atoms with E-state index in [9.17, 15) is 4.79 Å². The van der Waals surface area contributed by atoms with E-state index in [1.807, 2.05) is 0 Å². The Kier molecular flexibility index (Phi) is 3.30. The second kappa shape index (κ2) is 5.09. The topological polar surface area (TPSA) is 26.3 Å². The Hall–Kier alpha value is -1.35. The molecular formula is C19H26NO2+. The minimum atomic E-state index is 0.422. The summed E-state index contributed by atoms with van der Waals surface area (Å²) in [6, 6.07) is 0.422. The highest BCUT2D eigenvalue weighted by atomic mass is 16.5. The quantitative estimate of drug-likeness (QED) is 0.577. The van der Waals surface area contributed by atoms with Crippen molar-refractivity contribution in [2.75, 3.05) is 20.7 Å². The first-order valence-electron chi connectivity index (χ1n) is 8.66. The van der Waals surface area contributed by atoms with Gasteiger partial charge in [-0.1, -0.05) is 0 Å². The molecule has 1 aliphatic heterocycles. The van der Waals surface area contributed by atoms with Crippen LogP contribution in [-0.2, 0) is 9.53 Å². The van der Waals surface area contributed by atoms with Crippen molar-refractivity contribution in [2.45, 2.75) is 44.6 Å². The fourth-order valence-corrected chi connectivity index (χ4v) is 5.24. The number of nitrogens with zero attached hydrogens (tertiary/aromatic N) is 1. The molecule has 4 atom stereocenters. The van der Waals surface area contributed by atoms with Gasteiger partial charge in [-0.2, -0.15) is 0 Å². The molecule has 0 aromatic rings. The fraction of sp³-hybridized carbons (Fsp3) is 0.632. The van der Waals surface area contributed by atoms with Crippen molar-refractivity contribution >= 4 is 6.41 Å². The Bertz CT molecular complexity index is 601. The summed E-state index contributed by atoms with van der Waals surface area (Å²) < 4.78 is 6.08. The number of piperidine rings is 1. The van der Waals surface area contributed by atoms with E-state index in [1.165, 1.54) is 37.7 Å². The van der Waals surface area contributed by atoms with Gasteiger partial charge in [-0.05, 0) is 66.4 Å². The SMILES string of the molecule is COC1=CCC2CC3C4=C(CCCC4CC[N+]3(C)C=O)C2=C1. The molecule has 22 heavy (non-hydrogen) atoms. The van der Waals surface area contributed by atoms with Crippen LogP contribution >= 0.6 is 0 Å². The van der Waals surface area contributed by atoms with Gasteiger partial charge in [-0.3, -0.25) is 4.48 Å². The third-order valence-electron chi connectivity index (χ3n) is 6.47. The molecule has 1 amide bonds. The number of fused-ring (bicyclic) bond motifs is 2. The molecule has 0 saturated carbocycles. The number of quaternary nitrogens is 1. The van der Waals surface area contributed by atoms with E-state index in [0.717, 1.165) is 31.1 Å². The van der Waals surface area contributed by atoms with Crippen molar-refractivity contribution in [3.05, 3.63) is 34.6 Å². The summed E-state index contributed by atoms with van der Waals surface area (Å²) in [6.45, 7) is 1.01. The van der Waals surface area contributed by atoms with Crippen molar-refractivity contribution in [3.8, 4) is 0 Å². The van der Waals surface area contributed by atoms with Crippen LogP contribution < -0.4 is 0 Å². The number of likely N-dealkylation sites (N-methyl/N-ethyl adjacent to an activating group) is 1. The number of ether oxygens (including phenoxy) is 1. The van der Waals surface area contributed by atoms with Gasteiger partial charge >= 0.3 is 6.41 Å². The number of hydrogen-bond acceptors (Lipinski definition) is 2. The highest BCUT2D eigenvalue weighted by molar-refractivity contribution is 5.50. The summed E-state index contributed by atoms with van der Waals surface area (Å²) >= 11 is 0. The van der Waals surface area contributed by atoms with Crippen LogP contribution in [-0.4, -0.2) is 37.6 Å². The molecule has 0 spiro atoms. The second-order valence-electron chi connectivity index (χ2n) is 7.58. The number of amides is 1. The molecule has 4 rings (SSSR count). The first-order valence-corrected chi connectivity index (χ1v) is 8.66. The van der Waals surface area contributed by atoms with E-state index in [0.29, 0.717) is 16.4 Å². The molecule has 3 nitrogen and oxygen atoms in total. The van der Waals surface area contributed by atoms with E-state index >= 15 is 0 Å². The van der Waals surface area contributed by atoms with Gasteiger partial charge in [0.2, 0.25) is 0 Å². The zero-order valence-electron chi connectivity index (χ0n) is 13.7. The van der Waals surface area contributed by atoms with Gasteiger partial charge in [-0.15, -0.1) is 0 Å². The van der Waals surface area contributed by atoms with Crippen LogP contribution in [0.1, 0.15) is 38.5 Å². The van der Waals surface area contributed by atoms with Gasteiger partial charge in [0, 0.05) is 12.8 Å². The van der Waals surface area contributed by atoms with Crippen LogP contribution in [0.2, 0.25) is 0 Å². The Morgan fingerprint density at radius 1 is 1.32 bits per heavy atom. The average molecular weight is 300 g/mol. The molecule has 4 unspecified atom stereocenters. The maximum Gasteiger partial charge on any atom is 0.301 e. The third-order valence-corrected chi connectivity index (χ3v) is 6.47. The number of methoxy groups -OCH3 is 1. The molecule has 3 aliphatic carbocycles. The molecule has 4 aliphatic rings. The van der Waals surface area contributed by atoms with Crippen LogP contribution in [0.3, 0.4) is 0 Å². The summed E-state index contributed by atoms with van der Waals surface area (Å²) in [5.74, 6) is 2.32. The van der Waals surface area contributed by atoms with Crippen molar-refractivity contribution < 1.29 is 14.0 Å². The highest BCUT2D eigenvalue weighted by Gasteiger charge is 2.50. The van der Waals surface area contributed by atoms with E-state index in [4.69, 9.17) is 4.74 Å². The summed E-state index contributed by atoms with van der Waals surface area (Å²) in [7, 11) is 3.90. The van der Waals surface area contributed by atoms with Crippen molar-refractivity contribution in [3.63, 3.8) is 0 Å². The maximum atomic E-state index is 11.8. The molecule has 0 N–H and O–H groups in total. The molecule has 1 fully saturated rings. The lowest BCUT2D eigenvalue weighted by Gasteiger charge is -2.51. The minimum Gasteiger partial charge on any atom is -0.497 e. The summed E-state index contributed by atoms with van der Waals surface area (Å²) in [5.41, 5.74) is 4.74. The summed E-state index contributed by atoms with van der Waals surface area (Å²) in [4.78, 5) is 11.8. The molecule has 0 radical (unpaired) electrons. The lowest BCUT2D eigenvalue weighted by Crippen LogP contribution is -2.59. The number of allylic oxidation sites excluding steroid dienone is 4. The maximum absolute atomic E-state index is 11.8. The van der Waals surface area contributed by atoms with E-state index < -0.39 is 0 Å². The van der Waals surface area contributed by atoms with Crippen molar-refractivity contribution in [1.82, 2.24) is 0 Å². The van der Waals surface area contributed by atoms with Gasteiger partial charge in [0.1, 0.15) is 11.8 Å². The lowest BCUT2D eigenvalue weighted by atomic mass is 9.63. The Morgan fingerprint density at radius 3 is 2.95 bits per heavy atom. The van der Waals surface area contributed by atoms with Crippen LogP contribution in [0.15, 0.2) is 34.6 Å². The summed E-state index contributed by atoms with van der Waals surface area (Å²) in [5, 5.41) is 0. The van der Waals surface area contributed by atoms with Crippen molar-refractivity contribution in [2.24, 2.45) is 11.8 Å². The third kappa shape index (κ3) is 1.95. The molecule has 1 heterocycles. The molecule has 3 heteroatoms. The predicted octanol–water partition coefficient (Wildman–Crippen LogP) is 3.34. The minimum absolute atomic E-state index is 0.422. The molecule has 1 saturated heterocycles. The van der Waals surface area contributed by atoms with Gasteiger partial charge in [0.05, 0.1) is 20.7 Å². The van der Waals surface area contributed by atoms with Gasteiger partial charge in [0.15, 0.2) is 0 Å². The number of hydrogen-bond donors (Lipinski definition) is 0. The number of carbonyl (C=O) groups is 1. The van der Waals surface area contributed by atoms with Crippen molar-refractivity contribution in [1.29, 1.82) is 0 Å². The molecule has 0 bridgehead atoms. The second-order valence-corrected chi connectivity index (χ2v) is 7.58. The van der Waals surface area contributed by atoms with E-state index in [1.54, 1.807) is 18.3 Å². The van der Waals surface area contributed by atoms with Crippen LogP contribution in [0.25, 0.3) is 0 Å². The monoisotopic (exact) mass is 300 g/mol.